The number of carbonyl (C=O) groups is 1. The molecule has 0 saturated heterocycles. The van der Waals surface area contributed by atoms with Gasteiger partial charge in [-0.15, -0.1) is 0 Å². The Hall–Kier alpha value is -2.01. The topological polar surface area (TPSA) is 75.9 Å². The van der Waals surface area contributed by atoms with E-state index in [4.69, 9.17) is 4.74 Å². The van der Waals surface area contributed by atoms with Crippen molar-refractivity contribution < 1.29 is 9.53 Å². The molecule has 6 heteroatoms. The van der Waals surface area contributed by atoms with Crippen molar-refractivity contribution in [1.29, 1.82) is 5.26 Å². The number of ether oxygens (including phenoxy) is 1. The van der Waals surface area contributed by atoms with Crippen molar-refractivity contribution >= 4 is 28.4 Å². The van der Waals surface area contributed by atoms with Crippen LogP contribution >= 0.6 is 22.6 Å². The average Bonchev–Trinajstić information content (AvgIpc) is 2.53. The number of carbonyl (C=O) groups excluding carboxylic acids is 1. The lowest BCUT2D eigenvalue weighted by atomic mass is 10.0. The zero-order valence-electron chi connectivity index (χ0n) is 13.6. The molecular formula is C18H18IN3O2. The first-order valence-electron chi connectivity index (χ1n) is 7.62. The van der Waals surface area contributed by atoms with Crippen molar-refractivity contribution in [3.05, 3.63) is 51.1 Å². The number of benzene rings is 1. The summed E-state index contributed by atoms with van der Waals surface area (Å²) >= 11 is 2.23. The minimum atomic E-state index is -0.915. The van der Waals surface area contributed by atoms with E-state index >= 15 is 0 Å². The maximum absolute atomic E-state index is 12.3. The molecule has 0 saturated carbocycles. The van der Waals surface area contributed by atoms with E-state index < -0.39 is 5.92 Å². The standard InChI is InChI=1S/C18H18IN3O2/c1-12-10-13(2)22-18(21-12)16(11-20)17(23)4-3-9-24-15-7-5-14(19)6-8-15/h5-8,10,16H,3-4,9H2,1-2H3. The van der Waals surface area contributed by atoms with Gasteiger partial charge in [0, 0.05) is 21.4 Å². The Kier molecular flexibility index (Phi) is 6.67. The quantitative estimate of drug-likeness (QED) is 0.490. The SMILES string of the molecule is Cc1cc(C)nc(C(C#N)C(=O)CCCOc2ccc(I)cc2)n1. The van der Waals surface area contributed by atoms with Crippen molar-refractivity contribution in [2.45, 2.75) is 32.6 Å². The lowest BCUT2D eigenvalue weighted by molar-refractivity contribution is -0.119. The largest absolute Gasteiger partial charge is 0.494 e. The van der Waals surface area contributed by atoms with Gasteiger partial charge in [0.15, 0.2) is 17.5 Å². The summed E-state index contributed by atoms with van der Waals surface area (Å²) in [5, 5.41) is 9.31. The van der Waals surface area contributed by atoms with Crippen LogP contribution in [0.4, 0.5) is 0 Å². The highest BCUT2D eigenvalue weighted by Gasteiger charge is 2.23. The molecule has 1 heterocycles. The molecule has 0 aliphatic heterocycles. The zero-order chi connectivity index (χ0) is 17.5. The lowest BCUT2D eigenvalue weighted by Crippen LogP contribution is -2.16. The van der Waals surface area contributed by atoms with Crippen LogP contribution in [-0.2, 0) is 4.79 Å². The second-order valence-electron chi connectivity index (χ2n) is 5.44. The van der Waals surface area contributed by atoms with Crippen molar-refractivity contribution in [2.75, 3.05) is 6.61 Å². The smallest absolute Gasteiger partial charge is 0.164 e. The summed E-state index contributed by atoms with van der Waals surface area (Å²) in [6.07, 6.45) is 0.812. The lowest BCUT2D eigenvalue weighted by Gasteiger charge is -2.09. The third-order valence-corrected chi connectivity index (χ3v) is 4.08. The van der Waals surface area contributed by atoms with E-state index in [1.165, 1.54) is 0 Å². The molecule has 24 heavy (non-hydrogen) atoms. The molecule has 0 aliphatic rings. The third kappa shape index (κ3) is 5.27. The molecule has 0 bridgehead atoms. The van der Waals surface area contributed by atoms with Crippen LogP contribution in [-0.4, -0.2) is 22.4 Å². The first-order chi connectivity index (χ1) is 11.5. The highest BCUT2D eigenvalue weighted by atomic mass is 127. The van der Waals surface area contributed by atoms with E-state index in [0.717, 1.165) is 20.7 Å². The van der Waals surface area contributed by atoms with Crippen molar-refractivity contribution in [3.8, 4) is 11.8 Å². The molecule has 1 unspecified atom stereocenters. The fraction of sp³-hybridized carbons (Fsp3) is 0.333. The molecule has 0 amide bonds. The maximum atomic E-state index is 12.3. The number of aromatic nitrogens is 2. The van der Waals surface area contributed by atoms with Crippen molar-refractivity contribution in [3.63, 3.8) is 0 Å². The van der Waals surface area contributed by atoms with Crippen molar-refractivity contribution in [1.82, 2.24) is 9.97 Å². The molecule has 1 atom stereocenters. The number of rotatable bonds is 7. The van der Waals surface area contributed by atoms with Crippen LogP contribution in [0.25, 0.3) is 0 Å². The van der Waals surface area contributed by atoms with E-state index in [-0.39, 0.29) is 12.2 Å². The Balaban J connectivity index is 1.88. The summed E-state index contributed by atoms with van der Waals surface area (Å²) in [6.45, 7) is 4.08. The molecule has 2 rings (SSSR count). The van der Waals surface area contributed by atoms with Gasteiger partial charge < -0.3 is 4.74 Å². The van der Waals surface area contributed by atoms with Gasteiger partial charge in [-0.2, -0.15) is 5.26 Å². The Morgan fingerprint density at radius 3 is 2.46 bits per heavy atom. The highest BCUT2D eigenvalue weighted by molar-refractivity contribution is 14.1. The van der Waals surface area contributed by atoms with Gasteiger partial charge in [0.1, 0.15) is 5.75 Å². The van der Waals surface area contributed by atoms with Crippen LogP contribution in [0.1, 0.15) is 36.0 Å². The average molecular weight is 435 g/mol. The monoisotopic (exact) mass is 435 g/mol. The van der Waals surface area contributed by atoms with Crippen LogP contribution in [0.3, 0.4) is 0 Å². The molecule has 5 nitrogen and oxygen atoms in total. The molecule has 0 radical (unpaired) electrons. The summed E-state index contributed by atoms with van der Waals surface area (Å²) in [7, 11) is 0. The highest BCUT2D eigenvalue weighted by Crippen LogP contribution is 2.17. The van der Waals surface area contributed by atoms with Crippen LogP contribution in [0, 0.1) is 28.7 Å². The van der Waals surface area contributed by atoms with Gasteiger partial charge >= 0.3 is 0 Å². The van der Waals surface area contributed by atoms with Gasteiger partial charge in [-0.25, -0.2) is 9.97 Å². The molecule has 0 spiro atoms. The fourth-order valence-corrected chi connectivity index (χ4v) is 2.63. The minimum Gasteiger partial charge on any atom is -0.494 e. The summed E-state index contributed by atoms with van der Waals surface area (Å²) in [6, 6.07) is 11.6. The van der Waals surface area contributed by atoms with Crippen LogP contribution in [0.2, 0.25) is 0 Å². The third-order valence-electron chi connectivity index (χ3n) is 3.36. The molecule has 1 aromatic carbocycles. The number of hydrogen-bond donors (Lipinski definition) is 0. The fourth-order valence-electron chi connectivity index (χ4n) is 2.27. The van der Waals surface area contributed by atoms with E-state index in [2.05, 4.69) is 32.6 Å². The summed E-state index contributed by atoms with van der Waals surface area (Å²) in [4.78, 5) is 20.7. The van der Waals surface area contributed by atoms with Crippen LogP contribution in [0.15, 0.2) is 30.3 Å². The summed E-state index contributed by atoms with van der Waals surface area (Å²) in [5.74, 6) is -0.0218. The normalized spacial score (nSPS) is 11.6. The molecular weight excluding hydrogens is 417 g/mol. The minimum absolute atomic E-state index is 0.172. The van der Waals surface area contributed by atoms with Crippen LogP contribution in [0.5, 0.6) is 5.75 Å². The van der Waals surface area contributed by atoms with Gasteiger partial charge in [-0.3, -0.25) is 4.79 Å². The first-order valence-corrected chi connectivity index (χ1v) is 8.70. The molecule has 0 N–H and O–H groups in total. The Morgan fingerprint density at radius 2 is 1.88 bits per heavy atom. The number of aryl methyl sites for hydroxylation is 2. The van der Waals surface area contributed by atoms with Gasteiger partial charge in [-0.1, -0.05) is 0 Å². The summed E-state index contributed by atoms with van der Waals surface area (Å²) < 4.78 is 6.74. The van der Waals surface area contributed by atoms with Gasteiger partial charge in [0.25, 0.3) is 0 Å². The second kappa shape index (κ2) is 8.73. The Bertz CT molecular complexity index is 734. The number of hydrogen-bond acceptors (Lipinski definition) is 5. The van der Waals surface area contributed by atoms with Gasteiger partial charge in [0.05, 0.1) is 12.7 Å². The number of nitriles is 1. The predicted molar refractivity (Wildman–Crippen MR) is 98.8 cm³/mol. The maximum Gasteiger partial charge on any atom is 0.164 e. The van der Waals surface area contributed by atoms with Crippen molar-refractivity contribution in [2.24, 2.45) is 0 Å². The zero-order valence-corrected chi connectivity index (χ0v) is 15.8. The van der Waals surface area contributed by atoms with E-state index in [9.17, 15) is 10.1 Å². The second-order valence-corrected chi connectivity index (χ2v) is 6.69. The number of ketones is 1. The summed E-state index contributed by atoms with van der Waals surface area (Å²) in [5.41, 5.74) is 1.51. The predicted octanol–water partition coefficient (Wildman–Crippen LogP) is 3.73. The van der Waals surface area contributed by atoms with Gasteiger partial charge in [0.2, 0.25) is 0 Å². The molecule has 0 fully saturated rings. The Labute approximate surface area is 155 Å². The molecule has 1 aromatic heterocycles. The molecule has 2 aromatic rings. The number of halogens is 1. The molecule has 0 aliphatic carbocycles. The molecule has 124 valence electrons. The van der Waals surface area contributed by atoms with Crippen LogP contribution < -0.4 is 4.74 Å². The van der Waals surface area contributed by atoms with Gasteiger partial charge in [-0.05, 0) is 73.2 Å². The van der Waals surface area contributed by atoms with E-state index in [1.807, 2.05) is 50.2 Å². The van der Waals surface area contributed by atoms with E-state index in [1.54, 1.807) is 0 Å². The van der Waals surface area contributed by atoms with E-state index in [0.29, 0.717) is 18.9 Å². The Morgan fingerprint density at radius 1 is 1.25 bits per heavy atom. The number of nitrogens with zero attached hydrogens (tertiary/aromatic N) is 3. The first kappa shape index (κ1) is 18.3. The number of Topliss-reactive ketones (excluding diaryl/α,β-unsaturated/α-hetero) is 1.